The van der Waals surface area contributed by atoms with Crippen LogP contribution >= 0.6 is 0 Å². The standard InChI is InChI=1S/C13H24N4O/c1-5-11-12(6-2)16-17-13(15-11)14-8-9(3)7-10(4)18/h9-10,18H,5-8H2,1-4H3,(H,14,15,17). The molecule has 1 rings (SSSR count). The van der Waals surface area contributed by atoms with E-state index in [9.17, 15) is 5.11 Å². The molecular formula is C13H24N4O. The van der Waals surface area contributed by atoms with Crippen LogP contribution in [-0.4, -0.2) is 32.9 Å². The van der Waals surface area contributed by atoms with Gasteiger partial charge in [0, 0.05) is 6.54 Å². The summed E-state index contributed by atoms with van der Waals surface area (Å²) in [7, 11) is 0. The molecule has 0 amide bonds. The highest BCUT2D eigenvalue weighted by molar-refractivity contribution is 5.25. The molecule has 0 fully saturated rings. The molecule has 18 heavy (non-hydrogen) atoms. The van der Waals surface area contributed by atoms with Crippen LogP contribution in [0.15, 0.2) is 0 Å². The van der Waals surface area contributed by atoms with Crippen LogP contribution in [0.1, 0.15) is 45.5 Å². The number of aromatic nitrogens is 3. The lowest BCUT2D eigenvalue weighted by Gasteiger charge is -2.14. The molecule has 0 spiro atoms. The summed E-state index contributed by atoms with van der Waals surface area (Å²) in [5.41, 5.74) is 1.98. The Morgan fingerprint density at radius 1 is 1.11 bits per heavy atom. The van der Waals surface area contributed by atoms with Gasteiger partial charge < -0.3 is 10.4 Å². The largest absolute Gasteiger partial charge is 0.393 e. The number of rotatable bonds is 7. The Kier molecular flexibility index (Phi) is 5.98. The molecule has 0 aliphatic rings. The van der Waals surface area contributed by atoms with Crippen LogP contribution in [0, 0.1) is 5.92 Å². The monoisotopic (exact) mass is 252 g/mol. The van der Waals surface area contributed by atoms with Gasteiger partial charge in [0.2, 0.25) is 5.95 Å². The van der Waals surface area contributed by atoms with Crippen LogP contribution in [0.4, 0.5) is 5.95 Å². The topological polar surface area (TPSA) is 70.9 Å². The summed E-state index contributed by atoms with van der Waals surface area (Å²) in [5.74, 6) is 0.964. The Hall–Kier alpha value is -1.23. The second kappa shape index (κ2) is 7.26. The summed E-state index contributed by atoms with van der Waals surface area (Å²) in [6.07, 6.45) is 2.24. The third kappa shape index (κ3) is 4.56. The number of anilines is 1. The molecular weight excluding hydrogens is 228 g/mol. The van der Waals surface area contributed by atoms with E-state index in [4.69, 9.17) is 0 Å². The molecule has 1 heterocycles. The van der Waals surface area contributed by atoms with E-state index >= 15 is 0 Å². The number of aliphatic hydroxyl groups excluding tert-OH is 1. The van der Waals surface area contributed by atoms with Gasteiger partial charge in [-0.25, -0.2) is 4.98 Å². The van der Waals surface area contributed by atoms with Crippen LogP contribution in [0.2, 0.25) is 0 Å². The van der Waals surface area contributed by atoms with Crippen molar-refractivity contribution in [3.05, 3.63) is 11.4 Å². The number of hydrogen-bond donors (Lipinski definition) is 2. The highest BCUT2D eigenvalue weighted by Gasteiger charge is 2.09. The molecule has 5 heteroatoms. The van der Waals surface area contributed by atoms with Gasteiger partial charge in [-0.2, -0.15) is 5.10 Å². The fourth-order valence-electron chi connectivity index (χ4n) is 1.94. The van der Waals surface area contributed by atoms with E-state index in [0.717, 1.165) is 37.2 Å². The molecule has 2 N–H and O–H groups in total. The summed E-state index contributed by atoms with van der Waals surface area (Å²) >= 11 is 0. The first-order valence-corrected chi connectivity index (χ1v) is 6.71. The average molecular weight is 252 g/mol. The van der Waals surface area contributed by atoms with E-state index < -0.39 is 0 Å². The van der Waals surface area contributed by atoms with Crippen LogP contribution in [0.25, 0.3) is 0 Å². The number of aliphatic hydroxyl groups is 1. The lowest BCUT2D eigenvalue weighted by Crippen LogP contribution is -2.18. The van der Waals surface area contributed by atoms with Crippen molar-refractivity contribution in [1.29, 1.82) is 0 Å². The van der Waals surface area contributed by atoms with E-state index in [1.54, 1.807) is 6.92 Å². The minimum atomic E-state index is -0.269. The summed E-state index contributed by atoms with van der Waals surface area (Å²) in [5, 5.41) is 20.7. The molecule has 1 aromatic rings. The van der Waals surface area contributed by atoms with Gasteiger partial charge in [0.15, 0.2) is 0 Å². The molecule has 1 aromatic heterocycles. The van der Waals surface area contributed by atoms with Crippen LogP contribution in [-0.2, 0) is 12.8 Å². The third-order valence-electron chi connectivity index (χ3n) is 2.86. The summed E-state index contributed by atoms with van der Waals surface area (Å²) < 4.78 is 0. The summed E-state index contributed by atoms with van der Waals surface area (Å²) in [6.45, 7) is 8.78. The predicted octanol–water partition coefficient (Wildman–Crippen LogP) is 1.82. The van der Waals surface area contributed by atoms with Gasteiger partial charge in [-0.3, -0.25) is 0 Å². The van der Waals surface area contributed by atoms with Crippen LogP contribution in [0.3, 0.4) is 0 Å². The first-order valence-electron chi connectivity index (χ1n) is 6.71. The Morgan fingerprint density at radius 3 is 2.33 bits per heavy atom. The van der Waals surface area contributed by atoms with Crippen molar-refractivity contribution in [2.24, 2.45) is 5.92 Å². The zero-order valence-electron chi connectivity index (χ0n) is 11.8. The molecule has 0 saturated carbocycles. The highest BCUT2D eigenvalue weighted by atomic mass is 16.3. The van der Waals surface area contributed by atoms with Crippen LogP contribution in [0.5, 0.6) is 0 Å². The Morgan fingerprint density at radius 2 is 1.78 bits per heavy atom. The van der Waals surface area contributed by atoms with Crippen molar-refractivity contribution in [2.45, 2.75) is 53.1 Å². The lowest BCUT2D eigenvalue weighted by atomic mass is 10.1. The van der Waals surface area contributed by atoms with Gasteiger partial charge in [0.25, 0.3) is 0 Å². The Bertz CT molecular complexity index is 368. The molecule has 0 bridgehead atoms. The maximum absolute atomic E-state index is 9.30. The average Bonchev–Trinajstić information content (AvgIpc) is 2.35. The van der Waals surface area contributed by atoms with E-state index in [-0.39, 0.29) is 6.10 Å². The second-order valence-electron chi connectivity index (χ2n) is 4.81. The molecule has 0 radical (unpaired) electrons. The fourth-order valence-corrected chi connectivity index (χ4v) is 1.94. The SMILES string of the molecule is CCc1nnc(NCC(C)CC(C)O)nc1CC. The minimum Gasteiger partial charge on any atom is -0.393 e. The first-order chi connectivity index (χ1) is 8.56. The first kappa shape index (κ1) is 14.8. The maximum Gasteiger partial charge on any atom is 0.242 e. The molecule has 5 nitrogen and oxygen atoms in total. The van der Waals surface area contributed by atoms with Crippen molar-refractivity contribution in [1.82, 2.24) is 15.2 Å². The van der Waals surface area contributed by atoms with Crippen molar-refractivity contribution in [3.8, 4) is 0 Å². The van der Waals surface area contributed by atoms with E-state index in [1.165, 1.54) is 0 Å². The number of aryl methyl sites for hydroxylation is 2. The number of nitrogens with zero attached hydrogens (tertiary/aromatic N) is 3. The normalized spacial score (nSPS) is 14.3. The van der Waals surface area contributed by atoms with Gasteiger partial charge >= 0.3 is 0 Å². The zero-order valence-corrected chi connectivity index (χ0v) is 11.8. The minimum absolute atomic E-state index is 0.269. The molecule has 0 aromatic carbocycles. The quantitative estimate of drug-likeness (QED) is 0.774. The van der Waals surface area contributed by atoms with Gasteiger partial charge in [0.05, 0.1) is 17.5 Å². The van der Waals surface area contributed by atoms with Crippen molar-refractivity contribution in [3.63, 3.8) is 0 Å². The van der Waals surface area contributed by atoms with Crippen LogP contribution < -0.4 is 5.32 Å². The van der Waals surface area contributed by atoms with Crippen molar-refractivity contribution < 1.29 is 5.11 Å². The van der Waals surface area contributed by atoms with Crippen molar-refractivity contribution in [2.75, 3.05) is 11.9 Å². The zero-order chi connectivity index (χ0) is 13.5. The van der Waals surface area contributed by atoms with Gasteiger partial charge in [0.1, 0.15) is 0 Å². The fraction of sp³-hybridized carbons (Fsp3) is 0.769. The Labute approximate surface area is 109 Å². The maximum atomic E-state index is 9.30. The summed E-state index contributed by atoms with van der Waals surface area (Å²) in [6, 6.07) is 0. The second-order valence-corrected chi connectivity index (χ2v) is 4.81. The molecule has 0 saturated heterocycles. The molecule has 2 unspecified atom stereocenters. The predicted molar refractivity (Wildman–Crippen MR) is 72.5 cm³/mol. The number of nitrogens with one attached hydrogen (secondary N) is 1. The molecule has 0 aliphatic heterocycles. The third-order valence-corrected chi connectivity index (χ3v) is 2.86. The van der Waals surface area contributed by atoms with Crippen molar-refractivity contribution >= 4 is 5.95 Å². The van der Waals surface area contributed by atoms with E-state index in [0.29, 0.717) is 11.9 Å². The smallest absolute Gasteiger partial charge is 0.242 e. The molecule has 0 aliphatic carbocycles. The van der Waals surface area contributed by atoms with Gasteiger partial charge in [-0.1, -0.05) is 20.8 Å². The molecule has 2 atom stereocenters. The van der Waals surface area contributed by atoms with Gasteiger partial charge in [-0.15, -0.1) is 5.10 Å². The van der Waals surface area contributed by atoms with Gasteiger partial charge in [-0.05, 0) is 32.1 Å². The Balaban J connectivity index is 2.57. The molecule has 102 valence electrons. The lowest BCUT2D eigenvalue weighted by molar-refractivity contribution is 0.166. The van der Waals surface area contributed by atoms with E-state index in [1.807, 2.05) is 0 Å². The highest BCUT2D eigenvalue weighted by Crippen LogP contribution is 2.09. The summed E-state index contributed by atoms with van der Waals surface area (Å²) in [4.78, 5) is 4.47. The number of hydrogen-bond acceptors (Lipinski definition) is 5. The van der Waals surface area contributed by atoms with E-state index in [2.05, 4.69) is 41.3 Å².